The maximum Gasteiger partial charge on any atom is 0.316 e. The van der Waals surface area contributed by atoms with E-state index in [1.165, 1.54) is 13.0 Å². The molecule has 1 fully saturated rings. The first-order valence-electron chi connectivity index (χ1n) is 11.3. The van der Waals surface area contributed by atoms with Crippen LogP contribution in [0.5, 0.6) is 6.01 Å². The van der Waals surface area contributed by atoms with E-state index in [0.29, 0.717) is 11.1 Å². The SMILES string of the molecule is CC(=C(F)/C=C(\C)c1cnc(OC2CCC(CC(=O)O)CC2)nc1)c1nc2cc(F)c(F)cc2[nH]1. The van der Waals surface area contributed by atoms with Gasteiger partial charge < -0.3 is 14.8 Å². The number of ether oxygens (including phenoxy) is 1. The lowest BCUT2D eigenvalue weighted by Gasteiger charge is -2.27. The molecule has 2 aromatic heterocycles. The number of hydrogen-bond acceptors (Lipinski definition) is 5. The number of halogens is 3. The molecule has 0 saturated heterocycles. The minimum absolute atomic E-state index is 0.0590. The topological polar surface area (TPSA) is 101 Å². The fraction of sp³-hybridized carbons (Fsp3) is 0.360. The summed E-state index contributed by atoms with van der Waals surface area (Å²) in [6.07, 6.45) is 7.59. The van der Waals surface area contributed by atoms with Crippen molar-refractivity contribution in [3.8, 4) is 6.01 Å². The Kier molecular flexibility index (Phi) is 7.18. The minimum atomic E-state index is -1.02. The van der Waals surface area contributed by atoms with Crippen molar-refractivity contribution in [2.24, 2.45) is 5.92 Å². The van der Waals surface area contributed by atoms with Crippen LogP contribution in [0.15, 0.2) is 36.4 Å². The van der Waals surface area contributed by atoms with Crippen molar-refractivity contribution in [3.63, 3.8) is 0 Å². The lowest BCUT2D eigenvalue weighted by molar-refractivity contribution is -0.138. The van der Waals surface area contributed by atoms with Crippen LogP contribution in [0.4, 0.5) is 13.2 Å². The molecule has 1 aromatic carbocycles. The summed E-state index contributed by atoms with van der Waals surface area (Å²) < 4.78 is 47.6. The van der Waals surface area contributed by atoms with Crippen LogP contribution in [-0.4, -0.2) is 37.1 Å². The summed E-state index contributed by atoms with van der Waals surface area (Å²) in [5, 5.41) is 8.92. The number of benzene rings is 1. The van der Waals surface area contributed by atoms with Gasteiger partial charge in [-0.1, -0.05) is 0 Å². The van der Waals surface area contributed by atoms with Crippen molar-refractivity contribution < 1.29 is 27.8 Å². The van der Waals surface area contributed by atoms with E-state index < -0.39 is 23.4 Å². The molecule has 1 aliphatic rings. The summed E-state index contributed by atoms with van der Waals surface area (Å²) in [4.78, 5) is 26.2. The van der Waals surface area contributed by atoms with Crippen molar-refractivity contribution in [2.75, 3.05) is 0 Å². The Morgan fingerprint density at radius 1 is 1.14 bits per heavy atom. The minimum Gasteiger partial charge on any atom is -0.481 e. The number of nitrogens with one attached hydrogen (secondary N) is 1. The zero-order valence-electron chi connectivity index (χ0n) is 19.3. The highest BCUT2D eigenvalue weighted by molar-refractivity contribution is 5.80. The van der Waals surface area contributed by atoms with Gasteiger partial charge in [0.2, 0.25) is 0 Å². The van der Waals surface area contributed by atoms with Crippen molar-refractivity contribution in [1.82, 2.24) is 19.9 Å². The second-order valence-corrected chi connectivity index (χ2v) is 8.78. The fourth-order valence-corrected chi connectivity index (χ4v) is 4.11. The number of aromatic amines is 1. The molecule has 3 aromatic rings. The van der Waals surface area contributed by atoms with Crippen molar-refractivity contribution in [3.05, 3.63) is 59.5 Å². The predicted molar refractivity (Wildman–Crippen MR) is 124 cm³/mol. The van der Waals surface area contributed by atoms with Gasteiger partial charge in [-0.25, -0.2) is 28.1 Å². The Bertz CT molecular complexity index is 1250. The molecule has 0 aliphatic heterocycles. The Morgan fingerprint density at radius 2 is 1.80 bits per heavy atom. The molecule has 0 amide bonds. The van der Waals surface area contributed by atoms with Crippen molar-refractivity contribution >= 4 is 28.1 Å². The lowest BCUT2D eigenvalue weighted by Crippen LogP contribution is -2.26. The molecule has 1 saturated carbocycles. The summed E-state index contributed by atoms with van der Waals surface area (Å²) in [5.74, 6) is -3.03. The number of carboxylic acid groups (broad SMARTS) is 1. The quantitative estimate of drug-likeness (QED) is 0.407. The van der Waals surface area contributed by atoms with E-state index in [4.69, 9.17) is 9.84 Å². The van der Waals surface area contributed by atoms with Gasteiger partial charge in [-0.05, 0) is 57.1 Å². The number of fused-ring (bicyclic) bond motifs is 1. The molecular weight excluding hydrogens is 461 g/mol. The maximum absolute atomic E-state index is 14.9. The first kappa shape index (κ1) is 24.4. The number of H-pyrrole nitrogens is 1. The van der Waals surface area contributed by atoms with Crippen molar-refractivity contribution in [2.45, 2.75) is 52.1 Å². The molecule has 35 heavy (non-hydrogen) atoms. The average Bonchev–Trinajstić information content (AvgIpc) is 3.22. The summed E-state index contributed by atoms with van der Waals surface area (Å²) in [7, 11) is 0. The summed E-state index contributed by atoms with van der Waals surface area (Å²) in [6.45, 7) is 3.22. The molecule has 1 aliphatic carbocycles. The molecule has 2 N–H and O–H groups in total. The van der Waals surface area contributed by atoms with Gasteiger partial charge in [0.1, 0.15) is 17.8 Å². The molecule has 2 heterocycles. The molecule has 0 spiro atoms. The molecule has 10 heteroatoms. The third-order valence-electron chi connectivity index (χ3n) is 6.19. The Labute approximate surface area is 199 Å². The fourth-order valence-electron chi connectivity index (χ4n) is 4.11. The van der Waals surface area contributed by atoms with Crippen LogP contribution in [0.2, 0.25) is 0 Å². The van der Waals surface area contributed by atoms with Gasteiger partial charge in [0.25, 0.3) is 0 Å². The molecular formula is C25H25F3N4O3. The Balaban J connectivity index is 1.42. The molecule has 0 radical (unpaired) electrons. The third kappa shape index (κ3) is 5.87. The van der Waals surface area contributed by atoms with Crippen LogP contribution >= 0.6 is 0 Å². The molecule has 0 unspecified atom stereocenters. The number of aromatic nitrogens is 4. The summed E-state index contributed by atoms with van der Waals surface area (Å²) in [5.41, 5.74) is 1.81. The number of allylic oxidation sites excluding steroid dienone is 4. The van der Waals surface area contributed by atoms with Gasteiger partial charge in [-0.3, -0.25) is 4.79 Å². The number of rotatable bonds is 7. The van der Waals surface area contributed by atoms with Gasteiger partial charge in [0.05, 0.1) is 11.0 Å². The molecule has 0 atom stereocenters. The van der Waals surface area contributed by atoms with Gasteiger partial charge in [0, 0.05) is 42.1 Å². The highest BCUT2D eigenvalue weighted by Crippen LogP contribution is 2.29. The molecule has 184 valence electrons. The highest BCUT2D eigenvalue weighted by Gasteiger charge is 2.24. The number of hydrogen-bond donors (Lipinski definition) is 2. The summed E-state index contributed by atoms with van der Waals surface area (Å²) >= 11 is 0. The normalized spacial score (nSPS) is 19.5. The number of carboxylic acids is 1. The zero-order valence-corrected chi connectivity index (χ0v) is 19.3. The van der Waals surface area contributed by atoms with E-state index in [9.17, 15) is 18.0 Å². The van der Waals surface area contributed by atoms with E-state index in [1.807, 2.05) is 0 Å². The second-order valence-electron chi connectivity index (χ2n) is 8.78. The number of imidazole rings is 1. The first-order valence-corrected chi connectivity index (χ1v) is 11.3. The molecule has 4 rings (SSSR count). The maximum atomic E-state index is 14.9. The second kappa shape index (κ2) is 10.3. The van der Waals surface area contributed by atoms with Gasteiger partial charge in [-0.15, -0.1) is 0 Å². The van der Waals surface area contributed by atoms with Gasteiger partial charge in [-0.2, -0.15) is 0 Å². The van der Waals surface area contributed by atoms with E-state index in [-0.39, 0.29) is 46.9 Å². The monoisotopic (exact) mass is 486 g/mol. The average molecular weight is 486 g/mol. The van der Waals surface area contributed by atoms with Gasteiger partial charge in [0.15, 0.2) is 11.6 Å². The summed E-state index contributed by atoms with van der Waals surface area (Å²) in [6, 6.07) is 2.16. The van der Waals surface area contributed by atoms with Crippen LogP contribution < -0.4 is 4.74 Å². The van der Waals surface area contributed by atoms with Crippen LogP contribution in [0, 0.1) is 17.6 Å². The van der Waals surface area contributed by atoms with E-state index >= 15 is 0 Å². The smallest absolute Gasteiger partial charge is 0.316 e. The van der Waals surface area contributed by atoms with Crippen molar-refractivity contribution in [1.29, 1.82) is 0 Å². The van der Waals surface area contributed by atoms with E-state index in [1.54, 1.807) is 19.3 Å². The highest BCUT2D eigenvalue weighted by atomic mass is 19.2. The number of nitrogens with zero attached hydrogens (tertiary/aromatic N) is 3. The molecule has 0 bridgehead atoms. The third-order valence-corrected chi connectivity index (χ3v) is 6.19. The van der Waals surface area contributed by atoms with Gasteiger partial charge >= 0.3 is 12.0 Å². The zero-order chi connectivity index (χ0) is 25.1. The standard InChI is InChI=1S/C25H25F3N4O3/c1-13(7-18(26)14(2)24-31-21-9-19(27)20(28)10-22(21)32-24)16-11-29-25(30-12-16)35-17-5-3-15(4-6-17)8-23(33)34/h7,9-12,15,17H,3-6,8H2,1-2H3,(H,31,32)(H,33,34)/b13-7+,18-14?. The van der Waals surface area contributed by atoms with Crippen LogP contribution in [-0.2, 0) is 4.79 Å². The lowest BCUT2D eigenvalue weighted by atomic mass is 9.85. The first-order chi connectivity index (χ1) is 16.7. The predicted octanol–water partition coefficient (Wildman–Crippen LogP) is 5.85. The van der Waals surface area contributed by atoms with Crippen LogP contribution in [0.1, 0.15) is 57.3 Å². The number of aliphatic carboxylic acids is 1. The Hall–Kier alpha value is -3.69. The van der Waals surface area contributed by atoms with Crippen LogP contribution in [0.25, 0.3) is 22.2 Å². The Morgan fingerprint density at radius 3 is 2.46 bits per heavy atom. The van der Waals surface area contributed by atoms with Crippen LogP contribution in [0.3, 0.4) is 0 Å². The largest absolute Gasteiger partial charge is 0.481 e. The van der Waals surface area contributed by atoms with E-state index in [0.717, 1.165) is 37.8 Å². The van der Waals surface area contributed by atoms with E-state index in [2.05, 4.69) is 19.9 Å². The number of carbonyl (C=O) groups is 1. The molecule has 7 nitrogen and oxygen atoms in total.